The second-order valence-electron chi connectivity index (χ2n) is 8.17. The summed E-state index contributed by atoms with van der Waals surface area (Å²) in [5, 5.41) is 0. The van der Waals surface area contributed by atoms with E-state index in [9.17, 15) is 9.59 Å². The average Bonchev–Trinajstić information content (AvgIpc) is 2.91. The number of carbonyl (C=O) groups excluding carboxylic acids is 2. The lowest BCUT2D eigenvalue weighted by molar-refractivity contribution is 0.0995. The first-order chi connectivity index (χ1) is 17.4. The number of rotatable bonds is 8. The molecule has 0 fully saturated rings. The van der Waals surface area contributed by atoms with Gasteiger partial charge >= 0.3 is 0 Å². The minimum Gasteiger partial charge on any atom is -0.340 e. The molecule has 0 amide bonds. The number of para-hydroxylation sites is 2. The van der Waals surface area contributed by atoms with Crippen LogP contribution < -0.4 is 9.80 Å². The van der Waals surface area contributed by atoms with Gasteiger partial charge in [-0.3, -0.25) is 9.59 Å². The van der Waals surface area contributed by atoms with Crippen LogP contribution in [0.5, 0.6) is 0 Å². The van der Waals surface area contributed by atoms with Gasteiger partial charge in [-0.15, -0.1) is 0 Å². The van der Waals surface area contributed by atoms with Gasteiger partial charge in [0.25, 0.3) is 0 Å². The number of allylic oxidation sites excluding steroid dienone is 2. The van der Waals surface area contributed by atoms with Crippen LogP contribution in [-0.2, 0) is 0 Å². The van der Waals surface area contributed by atoms with E-state index in [-0.39, 0.29) is 23.0 Å². The SMILES string of the molecule is CN(/C(C(=O)c1cccc(Br)c1)=C(/C(=O)c1cccc(Br)c1)N(C)c1ccccc1)c1ccccc1. The summed E-state index contributed by atoms with van der Waals surface area (Å²) in [6.07, 6.45) is 0. The fourth-order valence-corrected chi connectivity index (χ4v) is 4.73. The van der Waals surface area contributed by atoms with Crippen LogP contribution in [0.2, 0.25) is 0 Å². The molecule has 0 aliphatic heterocycles. The van der Waals surface area contributed by atoms with E-state index in [0.29, 0.717) is 11.1 Å². The highest BCUT2D eigenvalue weighted by Gasteiger charge is 2.30. The van der Waals surface area contributed by atoms with Gasteiger partial charge in [0, 0.05) is 45.5 Å². The Hall–Kier alpha value is -3.48. The molecule has 4 aromatic carbocycles. The Morgan fingerprint density at radius 1 is 0.528 bits per heavy atom. The highest BCUT2D eigenvalue weighted by Crippen LogP contribution is 2.30. The summed E-state index contributed by atoms with van der Waals surface area (Å²) < 4.78 is 1.57. The van der Waals surface area contributed by atoms with Crippen LogP contribution in [0.4, 0.5) is 11.4 Å². The minimum absolute atomic E-state index is 0.260. The lowest BCUT2D eigenvalue weighted by Gasteiger charge is -2.30. The maximum Gasteiger partial charge on any atom is 0.211 e. The molecule has 6 heteroatoms. The average molecular weight is 604 g/mol. The van der Waals surface area contributed by atoms with Crippen molar-refractivity contribution in [2.75, 3.05) is 23.9 Å². The second-order valence-corrected chi connectivity index (χ2v) is 10.00. The normalized spacial score (nSPS) is 11.4. The van der Waals surface area contributed by atoms with Crippen molar-refractivity contribution in [3.8, 4) is 0 Å². The van der Waals surface area contributed by atoms with E-state index >= 15 is 0 Å². The number of carbonyl (C=O) groups is 2. The van der Waals surface area contributed by atoms with Gasteiger partial charge in [0.15, 0.2) is 0 Å². The molecule has 36 heavy (non-hydrogen) atoms. The molecule has 0 radical (unpaired) electrons. The predicted molar refractivity (Wildman–Crippen MR) is 154 cm³/mol. The van der Waals surface area contributed by atoms with Gasteiger partial charge < -0.3 is 9.80 Å². The highest BCUT2D eigenvalue weighted by atomic mass is 79.9. The van der Waals surface area contributed by atoms with Crippen LogP contribution in [0.15, 0.2) is 130 Å². The maximum absolute atomic E-state index is 14.2. The van der Waals surface area contributed by atoms with Crippen molar-refractivity contribution in [1.29, 1.82) is 0 Å². The van der Waals surface area contributed by atoms with Gasteiger partial charge in [-0.2, -0.15) is 0 Å². The number of hydrogen-bond acceptors (Lipinski definition) is 4. The molecule has 0 atom stereocenters. The van der Waals surface area contributed by atoms with E-state index in [1.807, 2.05) is 99.0 Å². The monoisotopic (exact) mass is 602 g/mol. The topological polar surface area (TPSA) is 40.6 Å². The Morgan fingerprint density at radius 2 is 0.889 bits per heavy atom. The number of likely N-dealkylation sites (N-methyl/N-ethyl adjacent to an activating group) is 2. The fraction of sp³-hybridized carbons (Fsp3) is 0.0667. The zero-order valence-corrected chi connectivity index (χ0v) is 23.0. The smallest absolute Gasteiger partial charge is 0.211 e. The molecule has 0 bridgehead atoms. The van der Waals surface area contributed by atoms with Gasteiger partial charge in [0.2, 0.25) is 11.6 Å². The summed E-state index contributed by atoms with van der Waals surface area (Å²) in [6, 6.07) is 33.5. The lowest BCUT2D eigenvalue weighted by atomic mass is 9.99. The maximum atomic E-state index is 14.2. The molecule has 0 spiro atoms. The van der Waals surface area contributed by atoms with Crippen molar-refractivity contribution in [3.63, 3.8) is 0 Å². The summed E-state index contributed by atoms with van der Waals surface area (Å²) in [4.78, 5) is 31.9. The molecule has 4 rings (SSSR count). The van der Waals surface area contributed by atoms with E-state index in [2.05, 4.69) is 31.9 Å². The van der Waals surface area contributed by atoms with E-state index in [1.54, 1.807) is 34.1 Å². The molecule has 0 aliphatic rings. The zero-order chi connectivity index (χ0) is 25.7. The highest BCUT2D eigenvalue weighted by molar-refractivity contribution is 9.10. The lowest BCUT2D eigenvalue weighted by Crippen LogP contribution is -2.34. The number of hydrogen-bond donors (Lipinski definition) is 0. The molecular weight excluding hydrogens is 580 g/mol. The van der Waals surface area contributed by atoms with Crippen molar-refractivity contribution in [3.05, 3.63) is 141 Å². The summed E-state index contributed by atoms with van der Waals surface area (Å²) in [5.41, 5.74) is 3.08. The third-order valence-corrected chi connectivity index (χ3v) is 6.77. The van der Waals surface area contributed by atoms with Crippen molar-refractivity contribution in [1.82, 2.24) is 0 Å². The van der Waals surface area contributed by atoms with Crippen LogP contribution in [0.1, 0.15) is 20.7 Å². The van der Waals surface area contributed by atoms with E-state index in [0.717, 1.165) is 20.3 Å². The molecule has 0 N–H and O–H groups in total. The third kappa shape index (κ3) is 5.66. The molecule has 180 valence electrons. The summed E-state index contributed by atoms with van der Waals surface area (Å²) in [7, 11) is 3.63. The minimum atomic E-state index is -0.260. The van der Waals surface area contributed by atoms with Crippen LogP contribution in [0.3, 0.4) is 0 Å². The molecule has 0 heterocycles. The Balaban J connectivity index is 2.02. The van der Waals surface area contributed by atoms with Crippen LogP contribution in [0, 0.1) is 0 Å². The second kappa shape index (κ2) is 11.5. The number of benzene rings is 4. The number of nitrogens with zero attached hydrogens (tertiary/aromatic N) is 2. The van der Waals surface area contributed by atoms with Gasteiger partial charge in [-0.1, -0.05) is 92.5 Å². The van der Waals surface area contributed by atoms with Crippen molar-refractivity contribution >= 4 is 54.8 Å². The number of anilines is 2. The number of halogens is 2. The third-order valence-electron chi connectivity index (χ3n) is 5.79. The van der Waals surface area contributed by atoms with Crippen LogP contribution in [-0.4, -0.2) is 25.7 Å². The summed E-state index contributed by atoms with van der Waals surface area (Å²) in [5.74, 6) is -0.521. The van der Waals surface area contributed by atoms with E-state index in [1.165, 1.54) is 0 Å². The van der Waals surface area contributed by atoms with Crippen molar-refractivity contribution in [2.45, 2.75) is 0 Å². The first-order valence-electron chi connectivity index (χ1n) is 11.3. The zero-order valence-electron chi connectivity index (χ0n) is 19.9. The van der Waals surface area contributed by atoms with Gasteiger partial charge in [0.1, 0.15) is 11.4 Å². The predicted octanol–water partition coefficient (Wildman–Crippen LogP) is 7.76. The van der Waals surface area contributed by atoms with Gasteiger partial charge in [-0.05, 0) is 48.5 Å². The molecule has 4 nitrogen and oxygen atoms in total. The summed E-state index contributed by atoms with van der Waals surface area (Å²) >= 11 is 6.95. The number of Topliss-reactive ketones (excluding diaryl/α,β-unsaturated/α-hetero) is 2. The summed E-state index contributed by atoms with van der Waals surface area (Å²) in [6.45, 7) is 0. The van der Waals surface area contributed by atoms with Crippen LogP contribution >= 0.6 is 31.9 Å². The van der Waals surface area contributed by atoms with E-state index in [4.69, 9.17) is 0 Å². The standard InChI is InChI=1S/C30H24Br2N2O2/c1-33(25-15-5-3-6-16-25)27(29(35)21-11-9-13-23(31)19-21)28(34(2)26-17-7-4-8-18-26)30(36)22-12-10-14-24(32)20-22/h3-20H,1-2H3/b28-27-. The van der Waals surface area contributed by atoms with Gasteiger partial charge in [-0.25, -0.2) is 0 Å². The molecule has 0 saturated carbocycles. The quantitative estimate of drug-likeness (QED) is 0.152. The molecule has 0 aromatic heterocycles. The van der Waals surface area contributed by atoms with Crippen molar-refractivity contribution in [2.24, 2.45) is 0 Å². The number of ketones is 2. The molecule has 0 unspecified atom stereocenters. The Labute approximate surface area is 228 Å². The molecule has 4 aromatic rings. The Morgan fingerprint density at radius 3 is 1.22 bits per heavy atom. The largest absolute Gasteiger partial charge is 0.340 e. The fourth-order valence-electron chi connectivity index (χ4n) is 3.93. The van der Waals surface area contributed by atoms with E-state index < -0.39 is 0 Å². The molecule has 0 aliphatic carbocycles. The van der Waals surface area contributed by atoms with Crippen molar-refractivity contribution < 1.29 is 9.59 Å². The molecule has 0 saturated heterocycles. The Bertz CT molecular complexity index is 1310. The Kier molecular flexibility index (Phi) is 8.18. The molecular formula is C30H24Br2N2O2. The van der Waals surface area contributed by atoms with Crippen LogP contribution in [0.25, 0.3) is 0 Å². The first-order valence-corrected chi connectivity index (χ1v) is 12.9. The van der Waals surface area contributed by atoms with Gasteiger partial charge in [0.05, 0.1) is 0 Å². The first kappa shape index (κ1) is 25.6.